The molecule has 65 valence electrons. The maximum Gasteiger partial charge on any atom is 0.310 e. The zero-order valence-corrected chi connectivity index (χ0v) is 7.59. The normalized spacial score (nSPS) is 10.2. The van der Waals surface area contributed by atoms with Gasteiger partial charge in [0, 0.05) is 0 Å². The number of unbranched alkanes of at least 4 members (excludes halogenated alkanes) is 1. The molecule has 0 heterocycles. The summed E-state index contributed by atoms with van der Waals surface area (Å²) in [5.41, 5.74) is 0. The van der Waals surface area contributed by atoms with E-state index in [4.69, 9.17) is 4.74 Å². The van der Waals surface area contributed by atoms with Crippen LogP contribution in [0.2, 0.25) is 0 Å². The molecule has 2 nitrogen and oxygen atoms in total. The summed E-state index contributed by atoms with van der Waals surface area (Å²) in [4.78, 5) is 10.9. The van der Waals surface area contributed by atoms with E-state index in [1.165, 1.54) is 0 Å². The Kier molecular flexibility index (Phi) is 5.90. The van der Waals surface area contributed by atoms with Crippen LogP contribution in [0.3, 0.4) is 0 Å². The smallest absolute Gasteiger partial charge is 0.310 e. The molecule has 0 aromatic heterocycles. The second kappa shape index (κ2) is 6.20. The first-order chi connectivity index (χ1) is 5.16. The lowest BCUT2D eigenvalue weighted by Crippen LogP contribution is -2.09. The Hall–Kier alpha value is -0.530. The molecule has 0 saturated carbocycles. The number of esters is 1. The molecule has 0 aliphatic rings. The summed E-state index contributed by atoms with van der Waals surface area (Å²) in [6.07, 6.45) is 3.61. The van der Waals surface area contributed by atoms with E-state index in [0.29, 0.717) is 6.61 Å². The first kappa shape index (κ1) is 10.5. The van der Waals surface area contributed by atoms with Crippen LogP contribution in [-0.2, 0) is 9.53 Å². The maximum atomic E-state index is 10.9. The van der Waals surface area contributed by atoms with Crippen molar-refractivity contribution in [2.24, 2.45) is 5.92 Å². The lowest BCUT2D eigenvalue weighted by molar-refractivity contribution is -0.140. The quantitative estimate of drug-likeness (QED) is 0.451. The van der Waals surface area contributed by atoms with Gasteiger partial charge in [0.15, 0.2) is 0 Å². The molecule has 0 aromatic rings. The molecule has 0 atom stereocenters. The number of carbonyl (C=O) groups is 1. The first-order valence-electron chi connectivity index (χ1n) is 4.18. The Morgan fingerprint density at radius 2 is 2.18 bits per heavy atom. The number of hydrogen-bond acceptors (Lipinski definition) is 2. The van der Waals surface area contributed by atoms with E-state index in [2.05, 4.69) is 6.92 Å². The maximum absolute atomic E-state index is 10.9. The van der Waals surface area contributed by atoms with Gasteiger partial charge in [-0.05, 0) is 12.3 Å². The summed E-state index contributed by atoms with van der Waals surface area (Å²) in [7, 11) is 0. The SMILES string of the molecule is CCCCOC(=O)[CH]C(C)C. The Balaban J connectivity index is 3.23. The molecule has 0 N–H and O–H groups in total. The standard InChI is InChI=1S/C9H17O2/c1-4-5-6-11-9(10)7-8(2)3/h7-8H,4-6H2,1-3H3. The highest BCUT2D eigenvalue weighted by molar-refractivity contribution is 5.79. The number of hydrogen-bond donors (Lipinski definition) is 0. The summed E-state index contributed by atoms with van der Waals surface area (Å²) in [6, 6.07) is 0. The van der Waals surface area contributed by atoms with Gasteiger partial charge >= 0.3 is 5.97 Å². The van der Waals surface area contributed by atoms with Crippen molar-refractivity contribution in [2.45, 2.75) is 33.6 Å². The predicted octanol–water partition coefficient (Wildman–Crippen LogP) is 2.19. The van der Waals surface area contributed by atoms with Crippen LogP contribution >= 0.6 is 0 Å². The summed E-state index contributed by atoms with van der Waals surface area (Å²) < 4.78 is 4.90. The van der Waals surface area contributed by atoms with E-state index in [9.17, 15) is 4.79 Å². The molecule has 0 fully saturated rings. The fraction of sp³-hybridized carbons (Fsp3) is 0.778. The second-order valence-corrected chi connectivity index (χ2v) is 2.93. The molecule has 0 rings (SSSR count). The van der Waals surface area contributed by atoms with Crippen LogP contribution in [0, 0.1) is 12.3 Å². The third-order valence-electron chi connectivity index (χ3n) is 1.21. The first-order valence-corrected chi connectivity index (χ1v) is 4.18. The number of carbonyl (C=O) groups excluding carboxylic acids is 1. The van der Waals surface area contributed by atoms with E-state index in [1.807, 2.05) is 13.8 Å². The molecule has 0 spiro atoms. The molecular weight excluding hydrogens is 140 g/mol. The van der Waals surface area contributed by atoms with Gasteiger partial charge in [-0.3, -0.25) is 4.79 Å². The van der Waals surface area contributed by atoms with Crippen molar-refractivity contribution in [1.29, 1.82) is 0 Å². The molecule has 0 bridgehead atoms. The summed E-state index contributed by atoms with van der Waals surface area (Å²) in [5, 5.41) is 0. The molecule has 0 aliphatic heterocycles. The van der Waals surface area contributed by atoms with Crippen molar-refractivity contribution in [3.63, 3.8) is 0 Å². The van der Waals surface area contributed by atoms with Crippen LogP contribution in [0.15, 0.2) is 0 Å². The monoisotopic (exact) mass is 157 g/mol. The van der Waals surface area contributed by atoms with E-state index < -0.39 is 0 Å². The molecule has 11 heavy (non-hydrogen) atoms. The summed E-state index contributed by atoms with van der Waals surface area (Å²) in [6.45, 7) is 6.54. The molecule has 1 radical (unpaired) electrons. The van der Waals surface area contributed by atoms with Crippen LogP contribution in [0.25, 0.3) is 0 Å². The van der Waals surface area contributed by atoms with Gasteiger partial charge in [-0.1, -0.05) is 27.2 Å². The average Bonchev–Trinajstić information content (AvgIpc) is 1.86. The Morgan fingerprint density at radius 1 is 1.55 bits per heavy atom. The second-order valence-electron chi connectivity index (χ2n) is 2.93. The van der Waals surface area contributed by atoms with Gasteiger partial charge in [0.25, 0.3) is 0 Å². The Bertz CT molecular complexity index is 108. The minimum absolute atomic E-state index is 0.187. The average molecular weight is 157 g/mol. The summed E-state index contributed by atoms with van der Waals surface area (Å²) in [5.74, 6) is 0.0950. The lowest BCUT2D eigenvalue weighted by atomic mass is 10.1. The van der Waals surface area contributed by atoms with Crippen molar-refractivity contribution < 1.29 is 9.53 Å². The van der Waals surface area contributed by atoms with E-state index in [1.54, 1.807) is 6.42 Å². The van der Waals surface area contributed by atoms with Gasteiger partial charge in [-0.25, -0.2) is 0 Å². The third kappa shape index (κ3) is 7.37. The van der Waals surface area contributed by atoms with Crippen LogP contribution in [-0.4, -0.2) is 12.6 Å². The van der Waals surface area contributed by atoms with Gasteiger partial charge in [0.05, 0.1) is 13.0 Å². The third-order valence-corrected chi connectivity index (χ3v) is 1.21. The van der Waals surface area contributed by atoms with Crippen LogP contribution in [0.5, 0.6) is 0 Å². The van der Waals surface area contributed by atoms with Crippen molar-refractivity contribution in [1.82, 2.24) is 0 Å². The van der Waals surface area contributed by atoms with Gasteiger partial charge in [-0.2, -0.15) is 0 Å². The van der Waals surface area contributed by atoms with E-state index in [0.717, 1.165) is 12.8 Å². The Labute approximate surface area is 68.9 Å². The minimum atomic E-state index is -0.187. The largest absolute Gasteiger partial charge is 0.465 e. The molecule has 0 saturated heterocycles. The molecule has 0 unspecified atom stereocenters. The van der Waals surface area contributed by atoms with Crippen molar-refractivity contribution in [2.75, 3.05) is 6.61 Å². The minimum Gasteiger partial charge on any atom is -0.465 e. The fourth-order valence-corrected chi connectivity index (χ4v) is 0.637. The zero-order valence-electron chi connectivity index (χ0n) is 7.59. The highest BCUT2D eigenvalue weighted by Crippen LogP contribution is 2.00. The molecular formula is C9H17O2. The fourth-order valence-electron chi connectivity index (χ4n) is 0.637. The molecule has 0 aliphatic carbocycles. The number of rotatable bonds is 5. The summed E-state index contributed by atoms with van der Waals surface area (Å²) >= 11 is 0. The van der Waals surface area contributed by atoms with Crippen molar-refractivity contribution in [3.8, 4) is 0 Å². The topological polar surface area (TPSA) is 26.3 Å². The zero-order chi connectivity index (χ0) is 8.69. The highest BCUT2D eigenvalue weighted by Gasteiger charge is 2.05. The van der Waals surface area contributed by atoms with Crippen molar-refractivity contribution in [3.05, 3.63) is 6.42 Å². The highest BCUT2D eigenvalue weighted by atomic mass is 16.5. The van der Waals surface area contributed by atoms with Gasteiger partial charge < -0.3 is 4.74 Å². The molecule has 0 aromatic carbocycles. The van der Waals surface area contributed by atoms with E-state index >= 15 is 0 Å². The van der Waals surface area contributed by atoms with Crippen molar-refractivity contribution >= 4 is 5.97 Å². The van der Waals surface area contributed by atoms with Crippen LogP contribution in [0.4, 0.5) is 0 Å². The van der Waals surface area contributed by atoms with Crippen LogP contribution in [0.1, 0.15) is 33.6 Å². The van der Waals surface area contributed by atoms with E-state index in [-0.39, 0.29) is 11.9 Å². The molecule has 0 amide bonds. The van der Waals surface area contributed by atoms with Gasteiger partial charge in [0.2, 0.25) is 0 Å². The van der Waals surface area contributed by atoms with Gasteiger partial charge in [-0.15, -0.1) is 0 Å². The Morgan fingerprint density at radius 3 is 2.64 bits per heavy atom. The molecule has 2 heteroatoms. The number of ether oxygens (including phenoxy) is 1. The predicted molar refractivity (Wildman–Crippen MR) is 45.0 cm³/mol. The lowest BCUT2D eigenvalue weighted by Gasteiger charge is -2.04. The van der Waals surface area contributed by atoms with Crippen LogP contribution < -0.4 is 0 Å². The van der Waals surface area contributed by atoms with Gasteiger partial charge in [0.1, 0.15) is 0 Å².